The average molecular weight is 411 g/mol. The number of nitrogens with one attached hydrogen (secondary N) is 1. The topological polar surface area (TPSA) is 84.4 Å². The number of rotatable bonds is 6. The zero-order valence-corrected chi connectivity index (χ0v) is 15.9. The predicted octanol–water partition coefficient (Wildman–Crippen LogP) is 3.28. The van der Waals surface area contributed by atoms with Crippen LogP contribution in [0.1, 0.15) is 35.3 Å². The molecule has 0 atom stereocenters. The molecule has 1 aliphatic rings. The number of pyridine rings is 2. The summed E-state index contributed by atoms with van der Waals surface area (Å²) in [5.41, 5.74) is 1.70. The number of anilines is 1. The van der Waals surface area contributed by atoms with Crippen LogP contribution >= 0.6 is 11.6 Å². The Morgan fingerprint density at radius 2 is 2.18 bits per heavy atom. The average Bonchev–Trinajstić information content (AvgIpc) is 2.90. The summed E-state index contributed by atoms with van der Waals surface area (Å²) in [6.07, 6.45) is 2.87. The summed E-state index contributed by atoms with van der Waals surface area (Å²) in [6.45, 7) is 1.72. The van der Waals surface area contributed by atoms with Crippen LogP contribution in [0.15, 0.2) is 24.5 Å². The second-order valence-corrected chi connectivity index (χ2v) is 6.92. The van der Waals surface area contributed by atoms with Gasteiger partial charge in [-0.1, -0.05) is 11.6 Å². The Labute approximate surface area is 164 Å². The Kier molecular flexibility index (Phi) is 5.46. The second kappa shape index (κ2) is 7.67. The molecule has 2 aromatic rings. The van der Waals surface area contributed by atoms with Crippen LogP contribution in [-0.2, 0) is 17.9 Å². The highest BCUT2D eigenvalue weighted by Gasteiger charge is 2.30. The van der Waals surface area contributed by atoms with Gasteiger partial charge in [-0.15, -0.1) is 0 Å². The van der Waals surface area contributed by atoms with Gasteiger partial charge in [-0.3, -0.25) is 9.59 Å². The van der Waals surface area contributed by atoms with Crippen LogP contribution in [0.4, 0.5) is 14.6 Å². The molecule has 0 unspecified atom stereocenters. The van der Waals surface area contributed by atoms with Crippen LogP contribution in [0.3, 0.4) is 0 Å². The first-order chi connectivity index (χ1) is 13.1. The summed E-state index contributed by atoms with van der Waals surface area (Å²) in [4.78, 5) is 33.6. The minimum absolute atomic E-state index is 0.0755. The molecular formula is C18H17ClF2N4O3. The Hall–Kier alpha value is -2.81. The van der Waals surface area contributed by atoms with Crippen molar-refractivity contribution in [1.82, 2.24) is 14.9 Å². The van der Waals surface area contributed by atoms with E-state index >= 15 is 0 Å². The van der Waals surface area contributed by atoms with E-state index in [2.05, 4.69) is 15.3 Å². The molecule has 148 valence electrons. The molecule has 0 bridgehead atoms. The molecule has 2 aromatic heterocycles. The second-order valence-electron chi connectivity index (χ2n) is 6.52. The third-order valence-electron chi connectivity index (χ3n) is 3.92. The minimum Gasteiger partial charge on any atom is -0.470 e. The predicted molar refractivity (Wildman–Crippen MR) is 97.5 cm³/mol. The number of aromatic nitrogens is 2. The molecular weight excluding hydrogens is 394 g/mol. The number of nitrogens with zero attached hydrogens (tertiary/aromatic N) is 3. The van der Waals surface area contributed by atoms with E-state index in [1.165, 1.54) is 25.4 Å². The summed E-state index contributed by atoms with van der Waals surface area (Å²) in [6, 6.07) is 3.11. The highest BCUT2D eigenvalue weighted by molar-refractivity contribution is 6.31. The van der Waals surface area contributed by atoms with Gasteiger partial charge in [0.1, 0.15) is 10.8 Å². The fraction of sp³-hybridized carbons (Fsp3) is 0.333. The van der Waals surface area contributed by atoms with E-state index in [1.54, 1.807) is 11.0 Å². The summed E-state index contributed by atoms with van der Waals surface area (Å²) in [5, 5.41) is 2.69. The molecule has 0 saturated carbocycles. The molecule has 1 N–H and O–H groups in total. The number of carbonyl (C=O) groups is 2. The summed E-state index contributed by atoms with van der Waals surface area (Å²) >= 11 is 6.06. The lowest BCUT2D eigenvalue weighted by Gasteiger charge is -2.17. The van der Waals surface area contributed by atoms with Crippen LogP contribution in [0.2, 0.25) is 5.02 Å². The lowest BCUT2D eigenvalue weighted by Crippen LogP contribution is -2.23. The van der Waals surface area contributed by atoms with E-state index in [1.807, 2.05) is 0 Å². The number of carbonyl (C=O) groups excluding carboxylic acids is 2. The Balaban J connectivity index is 1.73. The molecule has 28 heavy (non-hydrogen) atoms. The molecule has 0 spiro atoms. The van der Waals surface area contributed by atoms with E-state index in [0.29, 0.717) is 22.5 Å². The molecule has 0 radical (unpaired) electrons. The highest BCUT2D eigenvalue weighted by atomic mass is 35.5. The molecule has 0 aliphatic carbocycles. The Morgan fingerprint density at radius 3 is 2.82 bits per heavy atom. The van der Waals surface area contributed by atoms with Crippen molar-refractivity contribution in [2.75, 3.05) is 11.9 Å². The van der Waals surface area contributed by atoms with Crippen molar-refractivity contribution in [3.8, 4) is 5.88 Å². The van der Waals surface area contributed by atoms with Crippen LogP contribution in [-0.4, -0.2) is 39.2 Å². The van der Waals surface area contributed by atoms with Gasteiger partial charge in [0, 0.05) is 43.9 Å². The first kappa shape index (κ1) is 19.9. The maximum absolute atomic E-state index is 12.9. The number of ether oxygens (including phenoxy) is 1. The van der Waals surface area contributed by atoms with Gasteiger partial charge in [-0.25, -0.2) is 18.7 Å². The number of fused-ring (bicyclic) bond motifs is 1. The van der Waals surface area contributed by atoms with E-state index in [9.17, 15) is 18.4 Å². The van der Waals surface area contributed by atoms with Crippen molar-refractivity contribution < 1.29 is 23.1 Å². The van der Waals surface area contributed by atoms with Crippen molar-refractivity contribution in [3.63, 3.8) is 0 Å². The van der Waals surface area contributed by atoms with Crippen molar-refractivity contribution in [2.45, 2.75) is 32.9 Å². The van der Waals surface area contributed by atoms with Crippen LogP contribution in [0.25, 0.3) is 0 Å². The van der Waals surface area contributed by atoms with Gasteiger partial charge in [-0.2, -0.15) is 0 Å². The van der Waals surface area contributed by atoms with E-state index < -0.39 is 12.5 Å². The maximum atomic E-state index is 12.9. The van der Waals surface area contributed by atoms with Crippen molar-refractivity contribution in [2.24, 2.45) is 0 Å². The largest absolute Gasteiger partial charge is 0.470 e. The third kappa shape index (κ3) is 4.53. The molecule has 3 heterocycles. The van der Waals surface area contributed by atoms with Crippen LogP contribution < -0.4 is 10.1 Å². The normalized spacial score (nSPS) is 13.5. The summed E-state index contributed by atoms with van der Waals surface area (Å²) < 4.78 is 30.7. The molecule has 3 rings (SSSR count). The number of hydrogen-bond donors (Lipinski definition) is 1. The van der Waals surface area contributed by atoms with Gasteiger partial charge in [-0.05, 0) is 17.7 Å². The molecule has 0 fully saturated rings. The number of amides is 2. The first-order valence-electron chi connectivity index (χ1n) is 8.34. The quantitative estimate of drug-likeness (QED) is 0.790. The fourth-order valence-electron chi connectivity index (χ4n) is 2.76. The highest BCUT2D eigenvalue weighted by Crippen LogP contribution is 2.30. The van der Waals surface area contributed by atoms with E-state index in [0.717, 1.165) is 6.92 Å². The minimum atomic E-state index is -3.00. The van der Waals surface area contributed by atoms with Crippen molar-refractivity contribution >= 4 is 29.2 Å². The van der Waals surface area contributed by atoms with E-state index in [-0.39, 0.29) is 35.8 Å². The summed E-state index contributed by atoms with van der Waals surface area (Å²) in [7, 11) is 0. The molecule has 7 nitrogen and oxygen atoms in total. The zero-order chi connectivity index (χ0) is 20.5. The molecule has 1 aliphatic heterocycles. The van der Waals surface area contributed by atoms with Gasteiger partial charge >= 0.3 is 0 Å². The van der Waals surface area contributed by atoms with Crippen LogP contribution in [0.5, 0.6) is 5.88 Å². The van der Waals surface area contributed by atoms with Gasteiger partial charge in [0.15, 0.2) is 6.61 Å². The zero-order valence-electron chi connectivity index (χ0n) is 15.1. The lowest BCUT2D eigenvalue weighted by atomic mass is 10.1. The lowest BCUT2D eigenvalue weighted by molar-refractivity contribution is -0.114. The molecule has 10 heteroatoms. The fourth-order valence-corrected chi connectivity index (χ4v) is 3.00. The molecule has 2 amide bonds. The third-order valence-corrected chi connectivity index (χ3v) is 4.19. The number of halogens is 3. The van der Waals surface area contributed by atoms with Crippen LogP contribution in [0, 0.1) is 0 Å². The van der Waals surface area contributed by atoms with Crippen molar-refractivity contribution in [1.29, 1.82) is 0 Å². The Bertz CT molecular complexity index is 934. The SMILES string of the molecule is CC(=O)Nc1nccc2c1CN(Cc1cnc(OCC(C)(F)F)c(Cl)c1)C2=O. The van der Waals surface area contributed by atoms with Gasteiger partial charge in [0.25, 0.3) is 11.8 Å². The van der Waals surface area contributed by atoms with Crippen molar-refractivity contribution in [3.05, 3.63) is 46.2 Å². The van der Waals surface area contributed by atoms with Gasteiger partial charge in [0.05, 0.1) is 6.54 Å². The van der Waals surface area contributed by atoms with Gasteiger partial charge in [0.2, 0.25) is 11.8 Å². The van der Waals surface area contributed by atoms with Gasteiger partial charge < -0.3 is 15.0 Å². The molecule has 0 saturated heterocycles. The molecule has 0 aromatic carbocycles. The number of alkyl halides is 2. The first-order valence-corrected chi connectivity index (χ1v) is 8.71. The smallest absolute Gasteiger partial charge is 0.278 e. The maximum Gasteiger partial charge on any atom is 0.278 e. The Morgan fingerprint density at radius 1 is 1.43 bits per heavy atom. The monoisotopic (exact) mass is 410 g/mol. The number of hydrogen-bond acceptors (Lipinski definition) is 5. The summed E-state index contributed by atoms with van der Waals surface area (Å²) in [5.74, 6) is -3.25. The van der Waals surface area contributed by atoms with E-state index in [4.69, 9.17) is 16.3 Å². The standard InChI is InChI=1S/C18H17ClF2N4O3/c1-10(26)24-15-13-8-25(17(27)12(13)3-4-22-15)7-11-5-14(19)16(23-6-11)28-9-18(2,20)21/h3-6H,7-9H2,1-2H3,(H,22,24,26).